The number of nitrogens with zero attached hydrogens (tertiary/aromatic N) is 1. The maximum absolute atomic E-state index is 12.4. The van der Waals surface area contributed by atoms with Gasteiger partial charge in [-0.15, -0.1) is 0 Å². The fraction of sp³-hybridized carbons (Fsp3) is 0.588. The van der Waals surface area contributed by atoms with Gasteiger partial charge >= 0.3 is 5.97 Å². The molecule has 2 aliphatic rings. The van der Waals surface area contributed by atoms with E-state index < -0.39 is 10.5 Å². The standard InChI is InChI=1S/C17H21NO4/c1-16(2)9-11-8-14(16)17(3,10-11)22-15(19)12-4-6-13(7-5-12)18(20)21/h4-7,11,14H,8-10H2,1-3H3/t11-,14+,17+/m1/s1. The number of esters is 1. The molecule has 3 atom stereocenters. The molecular weight excluding hydrogens is 282 g/mol. The van der Waals surface area contributed by atoms with E-state index in [0.29, 0.717) is 17.4 Å². The Bertz CT molecular complexity index is 622. The van der Waals surface area contributed by atoms with Crippen LogP contribution in [0.1, 0.15) is 50.4 Å². The highest BCUT2D eigenvalue weighted by molar-refractivity contribution is 5.90. The molecule has 0 aromatic heterocycles. The summed E-state index contributed by atoms with van der Waals surface area (Å²) >= 11 is 0. The third-order valence-electron chi connectivity index (χ3n) is 5.40. The van der Waals surface area contributed by atoms with E-state index in [0.717, 1.165) is 12.8 Å². The molecule has 1 aromatic rings. The van der Waals surface area contributed by atoms with Crippen LogP contribution in [0.4, 0.5) is 5.69 Å². The number of carbonyl (C=O) groups excluding carboxylic acids is 1. The lowest BCUT2D eigenvalue weighted by Gasteiger charge is -2.42. The lowest BCUT2D eigenvalue weighted by molar-refractivity contribution is -0.384. The maximum atomic E-state index is 12.4. The van der Waals surface area contributed by atoms with Crippen LogP contribution in [0.5, 0.6) is 0 Å². The van der Waals surface area contributed by atoms with Gasteiger partial charge in [0.05, 0.1) is 10.5 Å². The molecule has 0 aliphatic heterocycles. The second-order valence-corrected chi connectivity index (χ2v) is 7.56. The average Bonchev–Trinajstić information content (AvgIpc) is 2.90. The summed E-state index contributed by atoms with van der Waals surface area (Å²) in [6.07, 6.45) is 3.24. The first-order valence-corrected chi connectivity index (χ1v) is 7.69. The van der Waals surface area contributed by atoms with Crippen LogP contribution in [0.2, 0.25) is 0 Å². The van der Waals surface area contributed by atoms with Gasteiger partial charge < -0.3 is 4.74 Å². The SMILES string of the molecule is CC1(C)C[C@H]2C[C@@H]1[C@@](C)(OC(=O)c1ccc([N+](=O)[O-])cc1)C2. The first-order valence-electron chi connectivity index (χ1n) is 7.69. The summed E-state index contributed by atoms with van der Waals surface area (Å²) in [6.45, 7) is 6.52. The van der Waals surface area contributed by atoms with E-state index in [1.165, 1.54) is 30.7 Å². The summed E-state index contributed by atoms with van der Waals surface area (Å²) in [5.41, 5.74) is 0.120. The molecule has 5 nitrogen and oxygen atoms in total. The molecule has 2 aliphatic carbocycles. The van der Waals surface area contributed by atoms with Crippen molar-refractivity contribution in [3.8, 4) is 0 Å². The van der Waals surface area contributed by atoms with Crippen LogP contribution in [-0.4, -0.2) is 16.5 Å². The predicted octanol–water partition coefficient (Wildman–Crippen LogP) is 3.97. The van der Waals surface area contributed by atoms with E-state index in [4.69, 9.17) is 4.74 Å². The van der Waals surface area contributed by atoms with Crippen LogP contribution in [-0.2, 0) is 4.74 Å². The molecular formula is C17H21NO4. The number of benzene rings is 1. The van der Waals surface area contributed by atoms with E-state index in [1.807, 2.05) is 6.92 Å². The van der Waals surface area contributed by atoms with Crippen LogP contribution in [0.3, 0.4) is 0 Å². The van der Waals surface area contributed by atoms with Gasteiger partial charge in [-0.25, -0.2) is 4.79 Å². The minimum Gasteiger partial charge on any atom is -0.455 e. The Morgan fingerprint density at radius 3 is 2.36 bits per heavy atom. The van der Waals surface area contributed by atoms with Gasteiger partial charge in [-0.2, -0.15) is 0 Å². The van der Waals surface area contributed by atoms with Gasteiger partial charge in [0.2, 0.25) is 0 Å². The Hall–Kier alpha value is -1.91. The van der Waals surface area contributed by atoms with Crippen molar-refractivity contribution < 1.29 is 14.5 Å². The number of rotatable bonds is 3. The summed E-state index contributed by atoms with van der Waals surface area (Å²) in [5, 5.41) is 10.7. The van der Waals surface area contributed by atoms with Crippen molar-refractivity contribution in [2.75, 3.05) is 0 Å². The molecule has 2 saturated carbocycles. The molecule has 0 N–H and O–H groups in total. The fourth-order valence-electron chi connectivity index (χ4n) is 4.67. The third kappa shape index (κ3) is 2.38. The van der Waals surface area contributed by atoms with Gasteiger partial charge in [0, 0.05) is 18.1 Å². The maximum Gasteiger partial charge on any atom is 0.338 e. The number of carbonyl (C=O) groups is 1. The Balaban J connectivity index is 1.76. The molecule has 0 spiro atoms. The first-order chi connectivity index (χ1) is 10.2. The predicted molar refractivity (Wildman–Crippen MR) is 81.5 cm³/mol. The molecule has 2 bridgehead atoms. The van der Waals surface area contributed by atoms with Gasteiger partial charge in [-0.1, -0.05) is 13.8 Å². The summed E-state index contributed by atoms with van der Waals surface area (Å²) in [6, 6.07) is 5.59. The fourth-order valence-corrected chi connectivity index (χ4v) is 4.67. The molecule has 0 radical (unpaired) electrons. The number of hydrogen-bond acceptors (Lipinski definition) is 4. The normalized spacial score (nSPS) is 32.0. The number of non-ortho nitro benzene ring substituents is 1. The molecule has 0 unspecified atom stereocenters. The summed E-state index contributed by atoms with van der Waals surface area (Å²) in [7, 11) is 0. The van der Waals surface area contributed by atoms with E-state index in [-0.39, 0.29) is 17.1 Å². The zero-order valence-corrected chi connectivity index (χ0v) is 13.2. The molecule has 22 heavy (non-hydrogen) atoms. The lowest BCUT2D eigenvalue weighted by Crippen LogP contribution is -2.44. The highest BCUT2D eigenvalue weighted by Gasteiger charge is 2.58. The quantitative estimate of drug-likeness (QED) is 0.481. The summed E-state index contributed by atoms with van der Waals surface area (Å²) < 4.78 is 5.85. The molecule has 2 fully saturated rings. The van der Waals surface area contributed by atoms with Crippen molar-refractivity contribution in [3.63, 3.8) is 0 Å². The first kappa shape index (κ1) is 15.0. The molecule has 0 amide bonds. The topological polar surface area (TPSA) is 69.4 Å². The monoisotopic (exact) mass is 303 g/mol. The zero-order chi connectivity index (χ0) is 16.1. The smallest absolute Gasteiger partial charge is 0.338 e. The number of ether oxygens (including phenoxy) is 1. The Kier molecular flexibility index (Phi) is 3.27. The van der Waals surface area contributed by atoms with Crippen molar-refractivity contribution in [1.82, 2.24) is 0 Å². The number of fused-ring (bicyclic) bond motifs is 2. The zero-order valence-electron chi connectivity index (χ0n) is 13.2. The second kappa shape index (κ2) is 4.80. The highest BCUT2D eigenvalue weighted by Crippen LogP contribution is 2.61. The van der Waals surface area contributed by atoms with Crippen molar-refractivity contribution in [2.24, 2.45) is 17.3 Å². The Labute approximate surface area is 129 Å². The van der Waals surface area contributed by atoms with E-state index in [1.54, 1.807) is 0 Å². The summed E-state index contributed by atoms with van der Waals surface area (Å²) in [5.74, 6) is 0.627. The van der Waals surface area contributed by atoms with E-state index >= 15 is 0 Å². The number of hydrogen-bond donors (Lipinski definition) is 0. The Morgan fingerprint density at radius 2 is 1.86 bits per heavy atom. The van der Waals surface area contributed by atoms with Crippen LogP contribution < -0.4 is 0 Å². The van der Waals surface area contributed by atoms with Gasteiger partial charge in [0.15, 0.2) is 0 Å². The van der Waals surface area contributed by atoms with Crippen molar-refractivity contribution in [3.05, 3.63) is 39.9 Å². The van der Waals surface area contributed by atoms with Crippen LogP contribution in [0.15, 0.2) is 24.3 Å². The minimum absolute atomic E-state index is 0.0242. The van der Waals surface area contributed by atoms with Crippen molar-refractivity contribution in [1.29, 1.82) is 0 Å². The molecule has 5 heteroatoms. The van der Waals surface area contributed by atoms with Crippen molar-refractivity contribution in [2.45, 2.75) is 45.6 Å². The van der Waals surface area contributed by atoms with Gasteiger partial charge in [0.25, 0.3) is 5.69 Å². The van der Waals surface area contributed by atoms with E-state index in [2.05, 4.69) is 13.8 Å². The molecule has 0 saturated heterocycles. The largest absolute Gasteiger partial charge is 0.455 e. The average molecular weight is 303 g/mol. The number of nitro groups is 1. The van der Waals surface area contributed by atoms with Crippen LogP contribution in [0.25, 0.3) is 0 Å². The molecule has 1 aromatic carbocycles. The molecule has 3 rings (SSSR count). The minimum atomic E-state index is -0.477. The summed E-state index contributed by atoms with van der Waals surface area (Å²) in [4.78, 5) is 22.6. The van der Waals surface area contributed by atoms with Gasteiger partial charge in [-0.05, 0) is 49.7 Å². The van der Waals surface area contributed by atoms with Gasteiger partial charge in [0.1, 0.15) is 5.60 Å². The third-order valence-corrected chi connectivity index (χ3v) is 5.40. The van der Waals surface area contributed by atoms with Crippen molar-refractivity contribution >= 4 is 11.7 Å². The number of nitro benzene ring substituents is 1. The molecule has 118 valence electrons. The highest BCUT2D eigenvalue weighted by atomic mass is 16.6. The Morgan fingerprint density at radius 1 is 1.23 bits per heavy atom. The van der Waals surface area contributed by atoms with Crippen LogP contribution in [0, 0.1) is 27.4 Å². The van der Waals surface area contributed by atoms with Crippen LogP contribution >= 0.6 is 0 Å². The second-order valence-electron chi connectivity index (χ2n) is 7.56. The molecule has 0 heterocycles. The lowest BCUT2D eigenvalue weighted by atomic mass is 9.69. The van der Waals surface area contributed by atoms with Gasteiger partial charge in [-0.3, -0.25) is 10.1 Å². The van der Waals surface area contributed by atoms with E-state index in [9.17, 15) is 14.9 Å².